The highest BCUT2D eigenvalue weighted by Gasteiger charge is 2.42. The Morgan fingerprint density at radius 2 is 1.73 bits per heavy atom. The average molecular weight is 351 g/mol. The number of likely N-dealkylation sites (tertiary alicyclic amines) is 1. The van der Waals surface area contributed by atoms with Crippen molar-refractivity contribution in [1.29, 1.82) is 0 Å². The number of para-hydroxylation sites is 1. The number of carbonyl (C=O) groups excluding carboxylic acids is 1. The van der Waals surface area contributed by atoms with Gasteiger partial charge in [-0.15, -0.1) is 0 Å². The number of fused-ring (bicyclic) bond motifs is 1. The minimum Gasteiger partial charge on any atom is -0.493 e. The Balaban J connectivity index is 1.59. The fraction of sp³-hybridized carbons (Fsp3) is 0.333. The van der Waals surface area contributed by atoms with E-state index in [1.54, 1.807) is 4.90 Å². The van der Waals surface area contributed by atoms with Crippen molar-refractivity contribution in [2.75, 3.05) is 19.7 Å². The molecule has 0 radical (unpaired) electrons. The second-order valence-corrected chi connectivity index (χ2v) is 6.93. The van der Waals surface area contributed by atoms with Crippen LogP contribution in [0.3, 0.4) is 0 Å². The van der Waals surface area contributed by atoms with Gasteiger partial charge in [0.25, 0.3) is 0 Å². The topological polar surface area (TPSA) is 66.8 Å². The average Bonchev–Trinajstić information content (AvgIpc) is 3.13. The number of hydrogen-bond acceptors (Lipinski definition) is 3. The molecule has 1 N–H and O–H groups in total. The van der Waals surface area contributed by atoms with Crippen molar-refractivity contribution in [3.05, 3.63) is 65.7 Å². The summed E-state index contributed by atoms with van der Waals surface area (Å²) in [4.78, 5) is 26.7. The first kappa shape index (κ1) is 16.6. The third-order valence-electron chi connectivity index (χ3n) is 5.43. The molecule has 1 fully saturated rings. The number of aliphatic carboxylic acids is 1. The highest BCUT2D eigenvalue weighted by atomic mass is 16.5. The molecule has 1 saturated heterocycles. The van der Waals surface area contributed by atoms with E-state index in [0.29, 0.717) is 19.6 Å². The molecule has 134 valence electrons. The van der Waals surface area contributed by atoms with E-state index in [1.807, 2.05) is 54.6 Å². The summed E-state index contributed by atoms with van der Waals surface area (Å²) in [5.41, 5.74) is 1.88. The molecule has 3 atom stereocenters. The van der Waals surface area contributed by atoms with Gasteiger partial charge in [-0.1, -0.05) is 48.5 Å². The summed E-state index contributed by atoms with van der Waals surface area (Å²) in [7, 11) is 0. The van der Waals surface area contributed by atoms with Gasteiger partial charge in [-0.05, 0) is 18.1 Å². The highest BCUT2D eigenvalue weighted by Crippen LogP contribution is 2.38. The van der Waals surface area contributed by atoms with Crippen molar-refractivity contribution in [2.45, 2.75) is 18.3 Å². The summed E-state index contributed by atoms with van der Waals surface area (Å²) in [5, 5.41) is 9.65. The molecule has 0 bridgehead atoms. The molecule has 1 amide bonds. The molecule has 2 aromatic rings. The van der Waals surface area contributed by atoms with E-state index >= 15 is 0 Å². The van der Waals surface area contributed by atoms with Crippen LogP contribution < -0.4 is 4.74 Å². The normalized spacial score (nSPS) is 24.6. The van der Waals surface area contributed by atoms with Gasteiger partial charge in [0.05, 0.1) is 18.4 Å². The third kappa shape index (κ3) is 2.94. The monoisotopic (exact) mass is 351 g/mol. The molecule has 0 aromatic heterocycles. The quantitative estimate of drug-likeness (QED) is 0.923. The first-order valence-electron chi connectivity index (χ1n) is 8.93. The van der Waals surface area contributed by atoms with Crippen molar-refractivity contribution in [3.8, 4) is 5.75 Å². The molecule has 2 aromatic carbocycles. The molecule has 0 saturated carbocycles. The lowest BCUT2D eigenvalue weighted by Crippen LogP contribution is -2.36. The van der Waals surface area contributed by atoms with Crippen LogP contribution in [0.5, 0.6) is 5.75 Å². The SMILES string of the molecule is O=C(O)C1CN(C(=O)C2CCOc3ccccc32)CC1c1ccccc1. The maximum atomic E-state index is 13.2. The van der Waals surface area contributed by atoms with Crippen LogP contribution in [-0.2, 0) is 9.59 Å². The zero-order valence-corrected chi connectivity index (χ0v) is 14.4. The minimum atomic E-state index is -0.846. The molecule has 0 aliphatic carbocycles. The first-order chi connectivity index (χ1) is 12.6. The van der Waals surface area contributed by atoms with Gasteiger partial charge in [-0.25, -0.2) is 0 Å². The number of rotatable bonds is 3. The van der Waals surface area contributed by atoms with E-state index in [9.17, 15) is 14.7 Å². The Bertz CT molecular complexity index is 820. The number of carboxylic acids is 1. The predicted molar refractivity (Wildman–Crippen MR) is 96.2 cm³/mol. The Morgan fingerprint density at radius 3 is 2.50 bits per heavy atom. The molecule has 4 rings (SSSR count). The fourth-order valence-corrected chi connectivity index (χ4v) is 4.09. The van der Waals surface area contributed by atoms with E-state index in [-0.39, 0.29) is 24.3 Å². The molecule has 0 spiro atoms. The molecule has 2 aliphatic heterocycles. The molecule has 2 heterocycles. The Morgan fingerprint density at radius 1 is 1.00 bits per heavy atom. The van der Waals surface area contributed by atoms with Crippen LogP contribution >= 0.6 is 0 Å². The predicted octanol–water partition coefficient (Wildman–Crippen LogP) is 2.88. The Hall–Kier alpha value is -2.82. The Labute approximate surface area is 152 Å². The lowest BCUT2D eigenvalue weighted by molar-refractivity contribution is -0.142. The van der Waals surface area contributed by atoms with Crippen molar-refractivity contribution >= 4 is 11.9 Å². The third-order valence-corrected chi connectivity index (χ3v) is 5.43. The lowest BCUT2D eigenvalue weighted by atomic mass is 9.89. The van der Waals surface area contributed by atoms with Gasteiger partial charge in [-0.3, -0.25) is 9.59 Å². The van der Waals surface area contributed by atoms with Gasteiger partial charge in [0, 0.05) is 24.6 Å². The fourth-order valence-electron chi connectivity index (χ4n) is 4.09. The van der Waals surface area contributed by atoms with Crippen LogP contribution in [0.25, 0.3) is 0 Å². The van der Waals surface area contributed by atoms with Gasteiger partial charge in [0.2, 0.25) is 5.91 Å². The number of ether oxygens (including phenoxy) is 1. The van der Waals surface area contributed by atoms with Crippen LogP contribution in [0.2, 0.25) is 0 Å². The van der Waals surface area contributed by atoms with Gasteiger partial charge >= 0.3 is 5.97 Å². The Kier molecular flexibility index (Phi) is 4.37. The molecule has 26 heavy (non-hydrogen) atoms. The molecule has 2 aliphatic rings. The van der Waals surface area contributed by atoms with Crippen LogP contribution in [0.15, 0.2) is 54.6 Å². The smallest absolute Gasteiger partial charge is 0.308 e. The van der Waals surface area contributed by atoms with Gasteiger partial charge in [0.15, 0.2) is 0 Å². The molecule has 5 heteroatoms. The summed E-state index contributed by atoms with van der Waals surface area (Å²) >= 11 is 0. The number of amides is 1. The summed E-state index contributed by atoms with van der Waals surface area (Å²) in [6.07, 6.45) is 0.625. The summed E-state index contributed by atoms with van der Waals surface area (Å²) in [6.45, 7) is 1.21. The van der Waals surface area contributed by atoms with Crippen LogP contribution in [0, 0.1) is 5.92 Å². The van der Waals surface area contributed by atoms with Crippen LogP contribution in [-0.4, -0.2) is 41.6 Å². The van der Waals surface area contributed by atoms with Gasteiger partial charge in [-0.2, -0.15) is 0 Å². The summed E-state index contributed by atoms with van der Waals surface area (Å²) < 4.78 is 5.65. The van der Waals surface area contributed by atoms with Crippen LogP contribution in [0.4, 0.5) is 0 Å². The van der Waals surface area contributed by atoms with E-state index in [1.165, 1.54) is 0 Å². The maximum absolute atomic E-state index is 13.2. The largest absolute Gasteiger partial charge is 0.493 e. The number of nitrogens with zero attached hydrogens (tertiary/aromatic N) is 1. The highest BCUT2D eigenvalue weighted by molar-refractivity contribution is 5.86. The molecular weight excluding hydrogens is 330 g/mol. The maximum Gasteiger partial charge on any atom is 0.308 e. The van der Waals surface area contributed by atoms with Crippen molar-refractivity contribution < 1.29 is 19.4 Å². The van der Waals surface area contributed by atoms with E-state index in [0.717, 1.165) is 16.9 Å². The van der Waals surface area contributed by atoms with E-state index in [4.69, 9.17) is 4.74 Å². The second-order valence-electron chi connectivity index (χ2n) is 6.93. The minimum absolute atomic E-state index is 0.00503. The molecule has 3 unspecified atom stereocenters. The molecular formula is C21H21NO4. The molecule has 5 nitrogen and oxygen atoms in total. The first-order valence-corrected chi connectivity index (χ1v) is 8.93. The zero-order chi connectivity index (χ0) is 18.1. The number of benzene rings is 2. The van der Waals surface area contributed by atoms with E-state index < -0.39 is 11.9 Å². The van der Waals surface area contributed by atoms with Gasteiger partial charge < -0.3 is 14.7 Å². The number of carbonyl (C=O) groups is 2. The summed E-state index contributed by atoms with van der Waals surface area (Å²) in [6, 6.07) is 17.2. The van der Waals surface area contributed by atoms with Crippen molar-refractivity contribution in [2.24, 2.45) is 5.92 Å². The zero-order valence-electron chi connectivity index (χ0n) is 14.4. The van der Waals surface area contributed by atoms with Crippen molar-refractivity contribution in [1.82, 2.24) is 4.90 Å². The van der Waals surface area contributed by atoms with E-state index in [2.05, 4.69) is 0 Å². The number of hydrogen-bond donors (Lipinski definition) is 1. The lowest BCUT2D eigenvalue weighted by Gasteiger charge is -2.28. The number of carboxylic acid groups (broad SMARTS) is 1. The summed E-state index contributed by atoms with van der Waals surface area (Å²) in [5.74, 6) is -1.09. The standard InChI is InChI=1S/C21H21NO4/c23-20(16-10-11-26-19-9-5-4-8-15(16)19)22-12-17(18(13-22)21(24)25)14-6-2-1-3-7-14/h1-9,16-18H,10-13H2,(H,24,25). The van der Waals surface area contributed by atoms with Crippen LogP contribution in [0.1, 0.15) is 29.4 Å². The second kappa shape index (κ2) is 6.83. The van der Waals surface area contributed by atoms with Gasteiger partial charge in [0.1, 0.15) is 5.75 Å². The van der Waals surface area contributed by atoms with Crippen molar-refractivity contribution in [3.63, 3.8) is 0 Å².